The van der Waals surface area contributed by atoms with Crippen molar-refractivity contribution in [1.29, 1.82) is 0 Å². The molecule has 3 heteroatoms. The highest BCUT2D eigenvalue weighted by Crippen LogP contribution is 2.16. The predicted octanol–water partition coefficient (Wildman–Crippen LogP) is 0.915. The lowest BCUT2D eigenvalue weighted by atomic mass is 10.1. The van der Waals surface area contributed by atoms with Crippen LogP contribution in [0.3, 0.4) is 0 Å². The number of para-hydroxylation sites is 1. The summed E-state index contributed by atoms with van der Waals surface area (Å²) in [6.45, 7) is 2.35. The molecule has 0 bridgehead atoms. The molecule has 2 rings (SSSR count). The monoisotopic (exact) mass is 209 g/mol. The number of benzene rings is 1. The largest absolute Gasteiger partial charge is 0.379 e. The molecule has 0 aromatic heterocycles. The molecular formula is C12H18FN2+. The van der Waals surface area contributed by atoms with Crippen molar-refractivity contribution in [3.8, 4) is 0 Å². The van der Waals surface area contributed by atoms with Crippen molar-refractivity contribution < 1.29 is 9.29 Å². The van der Waals surface area contributed by atoms with E-state index >= 15 is 0 Å². The van der Waals surface area contributed by atoms with Gasteiger partial charge in [-0.05, 0) is 12.1 Å². The van der Waals surface area contributed by atoms with Crippen LogP contribution in [0.15, 0.2) is 24.3 Å². The molecule has 0 unspecified atom stereocenters. The number of anilines is 1. The Bertz CT molecular complexity index is 319. The molecule has 0 saturated carbocycles. The highest BCUT2D eigenvalue weighted by Gasteiger charge is 2.19. The smallest absolute Gasteiger partial charge is 0.146 e. The maximum atomic E-state index is 13.4. The van der Waals surface area contributed by atoms with Crippen LogP contribution in [0.25, 0.3) is 0 Å². The Morgan fingerprint density at radius 2 is 1.93 bits per heavy atom. The Balaban J connectivity index is 1.95. The van der Waals surface area contributed by atoms with Crippen LogP contribution in [-0.2, 0) is 0 Å². The minimum Gasteiger partial charge on any atom is -0.379 e. The lowest BCUT2D eigenvalue weighted by Crippen LogP contribution is -3.10. The lowest BCUT2D eigenvalue weighted by molar-refractivity contribution is -0.884. The molecule has 1 aromatic rings. The zero-order valence-corrected chi connectivity index (χ0v) is 9.09. The normalized spacial score (nSPS) is 26.3. The SMILES string of the molecule is C[NH+]1CCC(Nc2ccccc2F)CC1. The summed E-state index contributed by atoms with van der Waals surface area (Å²) in [5, 5.41) is 3.28. The van der Waals surface area contributed by atoms with Gasteiger partial charge in [-0.1, -0.05) is 12.1 Å². The molecule has 1 aliphatic rings. The number of nitrogens with one attached hydrogen (secondary N) is 2. The first kappa shape index (κ1) is 10.4. The summed E-state index contributed by atoms with van der Waals surface area (Å²) in [5.41, 5.74) is 0.641. The number of piperidine rings is 1. The third kappa shape index (κ3) is 2.69. The van der Waals surface area contributed by atoms with Crippen LogP contribution < -0.4 is 10.2 Å². The Hall–Kier alpha value is -1.09. The van der Waals surface area contributed by atoms with E-state index in [0.717, 1.165) is 12.8 Å². The minimum absolute atomic E-state index is 0.149. The lowest BCUT2D eigenvalue weighted by Gasteiger charge is -2.27. The van der Waals surface area contributed by atoms with Gasteiger partial charge in [0.05, 0.1) is 25.8 Å². The maximum Gasteiger partial charge on any atom is 0.146 e. The van der Waals surface area contributed by atoms with Gasteiger partial charge >= 0.3 is 0 Å². The average Bonchev–Trinajstić information content (AvgIpc) is 2.25. The van der Waals surface area contributed by atoms with E-state index in [2.05, 4.69) is 12.4 Å². The second-order valence-corrected chi connectivity index (χ2v) is 4.36. The summed E-state index contributed by atoms with van der Waals surface area (Å²) in [5.74, 6) is -0.149. The van der Waals surface area contributed by atoms with Gasteiger partial charge in [-0.25, -0.2) is 4.39 Å². The van der Waals surface area contributed by atoms with Gasteiger partial charge in [-0.3, -0.25) is 0 Å². The van der Waals surface area contributed by atoms with E-state index in [1.54, 1.807) is 17.0 Å². The topological polar surface area (TPSA) is 16.5 Å². The molecule has 0 spiro atoms. The summed E-state index contributed by atoms with van der Waals surface area (Å²) < 4.78 is 13.4. The van der Waals surface area contributed by atoms with Crippen LogP contribution in [0.4, 0.5) is 10.1 Å². The van der Waals surface area contributed by atoms with E-state index in [9.17, 15) is 4.39 Å². The van der Waals surface area contributed by atoms with Gasteiger partial charge in [0, 0.05) is 18.9 Å². The molecule has 82 valence electrons. The fraction of sp³-hybridized carbons (Fsp3) is 0.500. The standard InChI is InChI=1S/C12H17FN2/c1-15-8-6-10(7-9-15)14-12-5-3-2-4-11(12)13/h2-5,10,14H,6-9H2,1H3/p+1. The van der Waals surface area contributed by atoms with Crippen LogP contribution in [0.1, 0.15) is 12.8 Å². The minimum atomic E-state index is -0.149. The van der Waals surface area contributed by atoms with Gasteiger partial charge in [0.25, 0.3) is 0 Å². The third-order valence-corrected chi connectivity index (χ3v) is 3.07. The Morgan fingerprint density at radius 3 is 2.60 bits per heavy atom. The summed E-state index contributed by atoms with van der Waals surface area (Å²) in [6, 6.07) is 7.33. The zero-order valence-electron chi connectivity index (χ0n) is 9.09. The molecule has 2 N–H and O–H groups in total. The van der Waals surface area contributed by atoms with Gasteiger partial charge < -0.3 is 10.2 Å². The molecule has 1 fully saturated rings. The van der Waals surface area contributed by atoms with Crippen LogP contribution >= 0.6 is 0 Å². The van der Waals surface area contributed by atoms with Gasteiger partial charge in [-0.2, -0.15) is 0 Å². The van der Waals surface area contributed by atoms with Crippen molar-refractivity contribution in [3.05, 3.63) is 30.1 Å². The second-order valence-electron chi connectivity index (χ2n) is 4.36. The molecule has 1 heterocycles. The number of rotatable bonds is 2. The number of likely N-dealkylation sites (tertiary alicyclic amines) is 1. The van der Waals surface area contributed by atoms with Gasteiger partial charge in [-0.15, -0.1) is 0 Å². The molecule has 1 saturated heterocycles. The van der Waals surface area contributed by atoms with E-state index in [1.165, 1.54) is 19.2 Å². The zero-order chi connectivity index (χ0) is 10.7. The van der Waals surface area contributed by atoms with Crippen molar-refractivity contribution in [2.45, 2.75) is 18.9 Å². The van der Waals surface area contributed by atoms with Gasteiger partial charge in [0.2, 0.25) is 0 Å². The third-order valence-electron chi connectivity index (χ3n) is 3.07. The fourth-order valence-electron chi connectivity index (χ4n) is 2.05. The number of hydrogen-bond acceptors (Lipinski definition) is 1. The molecule has 1 aliphatic heterocycles. The van der Waals surface area contributed by atoms with Crippen molar-refractivity contribution >= 4 is 5.69 Å². The summed E-state index contributed by atoms with van der Waals surface area (Å²) >= 11 is 0. The number of hydrogen-bond donors (Lipinski definition) is 2. The molecule has 2 nitrogen and oxygen atoms in total. The number of halogens is 1. The summed E-state index contributed by atoms with van der Waals surface area (Å²) in [7, 11) is 2.21. The first-order chi connectivity index (χ1) is 7.25. The predicted molar refractivity (Wildman–Crippen MR) is 59.7 cm³/mol. The van der Waals surface area contributed by atoms with E-state index in [-0.39, 0.29) is 5.82 Å². The van der Waals surface area contributed by atoms with Crippen LogP contribution in [0.2, 0.25) is 0 Å². The Labute approximate surface area is 90.1 Å². The van der Waals surface area contributed by atoms with E-state index in [4.69, 9.17) is 0 Å². The van der Waals surface area contributed by atoms with Gasteiger partial charge in [0.15, 0.2) is 0 Å². The van der Waals surface area contributed by atoms with Crippen molar-refractivity contribution in [3.63, 3.8) is 0 Å². The summed E-state index contributed by atoms with van der Waals surface area (Å²) in [6.07, 6.45) is 2.25. The molecule has 0 amide bonds. The molecular weight excluding hydrogens is 191 g/mol. The van der Waals surface area contributed by atoms with Crippen molar-refractivity contribution in [2.75, 3.05) is 25.5 Å². The average molecular weight is 209 g/mol. The van der Waals surface area contributed by atoms with Crippen molar-refractivity contribution in [2.24, 2.45) is 0 Å². The Kier molecular flexibility index (Phi) is 3.21. The van der Waals surface area contributed by atoms with E-state index < -0.39 is 0 Å². The maximum absolute atomic E-state index is 13.4. The fourth-order valence-corrected chi connectivity index (χ4v) is 2.05. The van der Waals surface area contributed by atoms with E-state index in [0.29, 0.717) is 11.7 Å². The number of quaternary nitrogens is 1. The quantitative estimate of drug-likeness (QED) is 0.740. The van der Waals surface area contributed by atoms with Crippen LogP contribution in [0.5, 0.6) is 0 Å². The van der Waals surface area contributed by atoms with Crippen LogP contribution in [-0.4, -0.2) is 26.2 Å². The van der Waals surface area contributed by atoms with Crippen LogP contribution in [0, 0.1) is 5.82 Å². The Morgan fingerprint density at radius 1 is 1.27 bits per heavy atom. The first-order valence-corrected chi connectivity index (χ1v) is 5.58. The van der Waals surface area contributed by atoms with Gasteiger partial charge in [0.1, 0.15) is 5.82 Å². The van der Waals surface area contributed by atoms with Crippen molar-refractivity contribution in [1.82, 2.24) is 0 Å². The molecule has 15 heavy (non-hydrogen) atoms. The highest BCUT2D eigenvalue weighted by atomic mass is 19.1. The second kappa shape index (κ2) is 4.62. The molecule has 1 aromatic carbocycles. The molecule has 0 radical (unpaired) electrons. The highest BCUT2D eigenvalue weighted by molar-refractivity contribution is 5.45. The molecule has 0 aliphatic carbocycles. The first-order valence-electron chi connectivity index (χ1n) is 5.58. The molecule has 0 atom stereocenters. The van der Waals surface area contributed by atoms with E-state index in [1.807, 2.05) is 6.07 Å². The summed E-state index contributed by atoms with van der Waals surface area (Å²) in [4.78, 5) is 1.57.